The summed E-state index contributed by atoms with van der Waals surface area (Å²) in [4.78, 5) is 1.25. The van der Waals surface area contributed by atoms with E-state index in [0.29, 0.717) is 0 Å². The van der Waals surface area contributed by atoms with Crippen LogP contribution in [0, 0.1) is 0 Å². The second kappa shape index (κ2) is 7.23. The maximum Gasteiger partial charge on any atom is 0.108 e. The number of aliphatic hydroxyl groups excluding tert-OH is 1. The second-order valence-corrected chi connectivity index (χ2v) is 4.71. The summed E-state index contributed by atoms with van der Waals surface area (Å²) in [6, 6.07) is 0. The normalized spacial score (nSPS) is 16.9. The van der Waals surface area contributed by atoms with Gasteiger partial charge in [-0.2, -0.15) is 0 Å². The standard InChI is InChI=1S/C15H20OS/c1-4-13-9-5-6-10-14(13)15(17-3)11-7-8-12(2)16/h7-11,16H,2,4-6H2,1,3H3/b8-7+,15-11-. The highest BCUT2D eigenvalue weighted by atomic mass is 32.2. The molecular weight excluding hydrogens is 228 g/mol. The van der Waals surface area contributed by atoms with Crippen molar-refractivity contribution in [3.63, 3.8) is 0 Å². The van der Waals surface area contributed by atoms with Gasteiger partial charge < -0.3 is 5.11 Å². The van der Waals surface area contributed by atoms with Crippen molar-refractivity contribution in [3.05, 3.63) is 58.8 Å². The fraction of sp³-hybridized carbons (Fsp3) is 0.333. The van der Waals surface area contributed by atoms with E-state index in [-0.39, 0.29) is 5.76 Å². The summed E-state index contributed by atoms with van der Waals surface area (Å²) in [5, 5.41) is 9.00. The van der Waals surface area contributed by atoms with Crippen molar-refractivity contribution in [2.24, 2.45) is 0 Å². The lowest BCUT2D eigenvalue weighted by Gasteiger charge is -2.16. The Kier molecular flexibility index (Phi) is 5.92. The molecule has 0 spiro atoms. The van der Waals surface area contributed by atoms with E-state index in [0.717, 1.165) is 19.3 Å². The molecule has 0 fully saturated rings. The predicted molar refractivity (Wildman–Crippen MR) is 78.2 cm³/mol. The number of hydrogen-bond donors (Lipinski definition) is 1. The molecule has 0 aromatic carbocycles. The van der Waals surface area contributed by atoms with Crippen LogP contribution in [0.2, 0.25) is 0 Å². The van der Waals surface area contributed by atoms with Crippen molar-refractivity contribution < 1.29 is 5.11 Å². The van der Waals surface area contributed by atoms with E-state index < -0.39 is 0 Å². The van der Waals surface area contributed by atoms with Crippen molar-refractivity contribution in [2.45, 2.75) is 26.2 Å². The van der Waals surface area contributed by atoms with Gasteiger partial charge in [0.15, 0.2) is 0 Å². The van der Waals surface area contributed by atoms with E-state index in [4.69, 9.17) is 5.11 Å². The Hall–Kier alpha value is -1.15. The zero-order chi connectivity index (χ0) is 12.7. The van der Waals surface area contributed by atoms with Gasteiger partial charge in [0.1, 0.15) is 5.76 Å². The lowest BCUT2D eigenvalue weighted by atomic mass is 9.95. The molecule has 17 heavy (non-hydrogen) atoms. The minimum absolute atomic E-state index is 0.0885. The summed E-state index contributed by atoms with van der Waals surface area (Å²) in [6.07, 6.45) is 15.5. The van der Waals surface area contributed by atoms with Crippen LogP contribution in [0.25, 0.3) is 0 Å². The van der Waals surface area contributed by atoms with Gasteiger partial charge in [-0.15, -0.1) is 11.8 Å². The third-order valence-corrected chi connectivity index (χ3v) is 3.45. The molecule has 1 nitrogen and oxygen atoms in total. The smallest absolute Gasteiger partial charge is 0.108 e. The third-order valence-electron chi connectivity index (χ3n) is 2.65. The average Bonchev–Trinajstić information content (AvgIpc) is 2.34. The molecule has 0 aromatic heterocycles. The third kappa shape index (κ3) is 4.31. The fourth-order valence-corrected chi connectivity index (χ4v) is 2.48. The van der Waals surface area contributed by atoms with Crippen LogP contribution in [0.1, 0.15) is 26.2 Å². The zero-order valence-electron chi connectivity index (χ0n) is 10.6. The molecule has 0 bridgehead atoms. The molecular formula is C15H20OS. The van der Waals surface area contributed by atoms with Gasteiger partial charge in [0.2, 0.25) is 0 Å². The largest absolute Gasteiger partial charge is 0.509 e. The highest BCUT2D eigenvalue weighted by Gasteiger charge is 2.10. The summed E-state index contributed by atoms with van der Waals surface area (Å²) < 4.78 is 0. The van der Waals surface area contributed by atoms with E-state index in [9.17, 15) is 0 Å². The molecule has 1 rings (SSSR count). The molecule has 0 radical (unpaired) electrons. The summed E-state index contributed by atoms with van der Waals surface area (Å²) in [5.41, 5.74) is 2.77. The maximum atomic E-state index is 9.00. The molecule has 0 amide bonds. The van der Waals surface area contributed by atoms with E-state index in [1.54, 1.807) is 17.8 Å². The lowest BCUT2D eigenvalue weighted by Crippen LogP contribution is -1.96. The first-order valence-corrected chi connectivity index (χ1v) is 7.11. The van der Waals surface area contributed by atoms with Crippen molar-refractivity contribution in [1.29, 1.82) is 0 Å². The molecule has 0 heterocycles. The number of thioether (sulfide) groups is 1. The molecule has 0 atom stereocenters. The first kappa shape index (κ1) is 13.9. The topological polar surface area (TPSA) is 20.2 Å². The number of hydrogen-bond acceptors (Lipinski definition) is 2. The van der Waals surface area contributed by atoms with Gasteiger partial charge in [-0.3, -0.25) is 0 Å². The molecule has 1 aliphatic carbocycles. The number of allylic oxidation sites excluding steroid dienone is 7. The van der Waals surface area contributed by atoms with Crippen molar-refractivity contribution in [3.8, 4) is 0 Å². The van der Waals surface area contributed by atoms with Gasteiger partial charge in [-0.25, -0.2) is 0 Å². The van der Waals surface area contributed by atoms with Gasteiger partial charge in [-0.1, -0.05) is 31.7 Å². The minimum Gasteiger partial charge on any atom is -0.509 e. The number of aliphatic hydroxyl groups is 1. The number of rotatable bonds is 5. The summed E-state index contributed by atoms with van der Waals surface area (Å²) in [7, 11) is 0. The molecule has 0 unspecified atom stereocenters. The average molecular weight is 248 g/mol. The van der Waals surface area contributed by atoms with Gasteiger partial charge in [0.25, 0.3) is 0 Å². The Morgan fingerprint density at radius 2 is 2.18 bits per heavy atom. The summed E-state index contributed by atoms with van der Waals surface area (Å²) in [6.45, 7) is 5.62. The predicted octanol–water partition coefficient (Wildman–Crippen LogP) is 4.92. The van der Waals surface area contributed by atoms with Crippen molar-refractivity contribution >= 4 is 11.8 Å². The van der Waals surface area contributed by atoms with Crippen molar-refractivity contribution in [2.75, 3.05) is 6.26 Å². The fourth-order valence-electron chi connectivity index (χ4n) is 1.83. The van der Waals surface area contributed by atoms with Crippen LogP contribution in [-0.4, -0.2) is 11.4 Å². The van der Waals surface area contributed by atoms with E-state index in [2.05, 4.69) is 31.9 Å². The van der Waals surface area contributed by atoms with Gasteiger partial charge in [0, 0.05) is 4.91 Å². The van der Waals surface area contributed by atoms with Crippen LogP contribution in [0.5, 0.6) is 0 Å². The first-order chi connectivity index (χ1) is 8.19. The zero-order valence-corrected chi connectivity index (χ0v) is 11.4. The molecule has 0 saturated carbocycles. The quantitative estimate of drug-likeness (QED) is 0.550. The monoisotopic (exact) mass is 248 g/mol. The lowest BCUT2D eigenvalue weighted by molar-refractivity contribution is 0.435. The second-order valence-electron chi connectivity index (χ2n) is 3.86. The first-order valence-electron chi connectivity index (χ1n) is 5.89. The molecule has 0 saturated heterocycles. The minimum atomic E-state index is 0.0885. The van der Waals surface area contributed by atoms with Gasteiger partial charge >= 0.3 is 0 Å². The Morgan fingerprint density at radius 1 is 1.47 bits per heavy atom. The Balaban J connectivity index is 2.90. The van der Waals surface area contributed by atoms with Crippen LogP contribution in [0.15, 0.2) is 58.8 Å². The summed E-state index contributed by atoms with van der Waals surface area (Å²) in [5.74, 6) is 0.0885. The molecule has 2 heteroatoms. The highest BCUT2D eigenvalue weighted by Crippen LogP contribution is 2.32. The Morgan fingerprint density at radius 3 is 2.76 bits per heavy atom. The van der Waals surface area contributed by atoms with Crippen LogP contribution >= 0.6 is 11.8 Å². The molecule has 92 valence electrons. The maximum absolute atomic E-state index is 9.00. The highest BCUT2D eigenvalue weighted by molar-refractivity contribution is 8.02. The molecule has 1 aliphatic rings. The SMILES string of the molecule is C=C(O)/C=C/C=C(\SC)C1=CCCC=C1CC. The Labute approximate surface area is 108 Å². The molecule has 0 aliphatic heterocycles. The van der Waals surface area contributed by atoms with Crippen LogP contribution in [0.4, 0.5) is 0 Å². The van der Waals surface area contributed by atoms with E-state index >= 15 is 0 Å². The van der Waals surface area contributed by atoms with Gasteiger partial charge in [0.05, 0.1) is 0 Å². The van der Waals surface area contributed by atoms with Crippen LogP contribution in [-0.2, 0) is 0 Å². The van der Waals surface area contributed by atoms with Crippen LogP contribution in [0.3, 0.4) is 0 Å². The van der Waals surface area contributed by atoms with E-state index in [1.165, 1.54) is 16.1 Å². The molecule has 0 aromatic rings. The van der Waals surface area contributed by atoms with Crippen molar-refractivity contribution in [1.82, 2.24) is 0 Å². The van der Waals surface area contributed by atoms with Gasteiger partial charge in [-0.05, 0) is 48.8 Å². The van der Waals surface area contributed by atoms with Crippen LogP contribution < -0.4 is 0 Å². The summed E-state index contributed by atoms with van der Waals surface area (Å²) >= 11 is 1.74. The molecule has 1 N–H and O–H groups in total. The van der Waals surface area contributed by atoms with E-state index in [1.807, 2.05) is 12.2 Å². The Bertz CT molecular complexity index is 397.